The van der Waals surface area contributed by atoms with Crippen LogP contribution in [0.4, 0.5) is 0 Å². The molecule has 4 aliphatic carbocycles. The first-order valence-corrected chi connectivity index (χ1v) is 13.1. The second-order valence-electron chi connectivity index (χ2n) is 11.2. The van der Waals surface area contributed by atoms with Crippen molar-refractivity contribution in [2.75, 3.05) is 39.3 Å². The lowest BCUT2D eigenvalue weighted by Crippen LogP contribution is -2.48. The van der Waals surface area contributed by atoms with Crippen LogP contribution in [0.25, 0.3) is 0 Å². The summed E-state index contributed by atoms with van der Waals surface area (Å²) < 4.78 is 8.26. The minimum atomic E-state index is -0.0765. The zero-order chi connectivity index (χ0) is 22.8. The number of allylic oxidation sites excluding steroid dienone is 2. The first-order valence-electron chi connectivity index (χ1n) is 13.1. The summed E-state index contributed by atoms with van der Waals surface area (Å²) in [6.07, 6.45) is 12.6. The largest absolute Gasteiger partial charge is 0.477 e. The van der Waals surface area contributed by atoms with Gasteiger partial charge in [0.25, 0.3) is 5.91 Å². The van der Waals surface area contributed by atoms with Crippen molar-refractivity contribution < 1.29 is 9.53 Å². The van der Waals surface area contributed by atoms with E-state index in [0.29, 0.717) is 41.2 Å². The summed E-state index contributed by atoms with van der Waals surface area (Å²) in [6, 6.07) is 0. The maximum atomic E-state index is 13.3. The number of rotatable bonds is 8. The van der Waals surface area contributed by atoms with E-state index in [-0.39, 0.29) is 5.91 Å². The van der Waals surface area contributed by atoms with Gasteiger partial charge in [0.05, 0.1) is 19.3 Å². The highest BCUT2D eigenvalue weighted by molar-refractivity contribution is 5.97. The summed E-state index contributed by atoms with van der Waals surface area (Å²) in [5, 5.41) is 11.2. The van der Waals surface area contributed by atoms with Crippen molar-refractivity contribution in [1.29, 1.82) is 0 Å². The van der Waals surface area contributed by atoms with Gasteiger partial charge in [-0.2, -0.15) is 5.10 Å². The van der Waals surface area contributed by atoms with Crippen molar-refractivity contribution in [3.63, 3.8) is 0 Å². The average molecular weight is 456 g/mol. The third-order valence-corrected chi connectivity index (χ3v) is 8.74. The van der Waals surface area contributed by atoms with Gasteiger partial charge in [-0.25, -0.2) is 4.68 Å². The maximum Gasteiger partial charge on any atom is 0.262 e. The van der Waals surface area contributed by atoms with Crippen molar-refractivity contribution >= 4 is 5.91 Å². The molecular weight excluding hydrogens is 414 g/mol. The number of piperazine rings is 1. The van der Waals surface area contributed by atoms with E-state index in [4.69, 9.17) is 4.74 Å². The van der Waals surface area contributed by atoms with Crippen LogP contribution < -0.4 is 15.4 Å². The Morgan fingerprint density at radius 1 is 1.21 bits per heavy atom. The Morgan fingerprint density at radius 3 is 2.70 bits per heavy atom. The number of fused-ring (bicyclic) bond motifs is 1. The molecule has 1 aromatic heterocycles. The van der Waals surface area contributed by atoms with Crippen molar-refractivity contribution in [2.24, 2.45) is 23.2 Å². The first kappa shape index (κ1) is 22.9. The van der Waals surface area contributed by atoms with E-state index in [9.17, 15) is 4.79 Å². The van der Waals surface area contributed by atoms with E-state index >= 15 is 0 Å². The molecule has 6 rings (SSSR count). The normalized spacial score (nSPS) is 27.5. The van der Waals surface area contributed by atoms with Gasteiger partial charge in [0.15, 0.2) is 0 Å². The van der Waals surface area contributed by atoms with Crippen molar-refractivity contribution in [2.45, 2.75) is 65.3 Å². The molecule has 5 aliphatic rings. The zero-order valence-corrected chi connectivity index (χ0v) is 20.4. The Morgan fingerprint density at radius 2 is 2.00 bits per heavy atom. The molecule has 1 amide bonds. The number of hydrogen-bond acceptors (Lipinski definition) is 5. The summed E-state index contributed by atoms with van der Waals surface area (Å²) in [6.45, 7) is 11.2. The highest BCUT2D eigenvalue weighted by Gasteiger charge is 2.49. The Bertz CT molecular complexity index is 864. The van der Waals surface area contributed by atoms with Gasteiger partial charge in [-0.15, -0.1) is 0 Å². The van der Waals surface area contributed by atoms with Crippen LogP contribution in [0.15, 0.2) is 18.0 Å². The maximum absolute atomic E-state index is 13.3. The summed E-state index contributed by atoms with van der Waals surface area (Å²) >= 11 is 0. The fourth-order valence-electron chi connectivity index (χ4n) is 6.13. The number of aromatic nitrogens is 2. The topological polar surface area (TPSA) is 71.4 Å². The molecule has 2 bridgehead atoms. The second kappa shape index (κ2) is 9.79. The summed E-state index contributed by atoms with van der Waals surface area (Å²) in [4.78, 5) is 15.7. The van der Waals surface area contributed by atoms with Gasteiger partial charge in [-0.05, 0) is 48.9 Å². The highest BCUT2D eigenvalue weighted by atomic mass is 16.5. The molecule has 7 heteroatoms. The predicted molar refractivity (Wildman–Crippen MR) is 129 cm³/mol. The Balaban J connectivity index is 1.27. The number of amides is 1. The molecule has 182 valence electrons. The Hall–Kier alpha value is -1.86. The monoisotopic (exact) mass is 455 g/mol. The lowest BCUT2D eigenvalue weighted by Gasteiger charge is -2.55. The summed E-state index contributed by atoms with van der Waals surface area (Å²) in [5.74, 6) is 2.41. The van der Waals surface area contributed by atoms with Crippen LogP contribution in [0.1, 0.15) is 69.2 Å². The third kappa shape index (κ3) is 4.99. The molecule has 33 heavy (non-hydrogen) atoms. The minimum absolute atomic E-state index is 0.0765. The minimum Gasteiger partial charge on any atom is -0.477 e. The Kier molecular flexibility index (Phi) is 6.79. The molecule has 0 spiro atoms. The molecule has 3 fully saturated rings. The molecule has 1 aliphatic heterocycles. The van der Waals surface area contributed by atoms with Crippen LogP contribution in [0.3, 0.4) is 0 Å². The van der Waals surface area contributed by atoms with Gasteiger partial charge in [-0.1, -0.05) is 39.2 Å². The smallest absolute Gasteiger partial charge is 0.262 e. The molecule has 0 unspecified atom stereocenters. The number of carbonyl (C=O) groups excluding carboxylic acids is 1. The number of carbonyl (C=O) groups is 1. The molecule has 1 aromatic rings. The zero-order valence-electron chi connectivity index (χ0n) is 20.4. The van der Waals surface area contributed by atoms with Gasteiger partial charge in [0.1, 0.15) is 5.56 Å². The molecule has 2 heterocycles. The van der Waals surface area contributed by atoms with Gasteiger partial charge < -0.3 is 15.4 Å². The van der Waals surface area contributed by atoms with Crippen LogP contribution in [-0.2, 0) is 6.54 Å². The Labute approximate surface area is 198 Å². The molecule has 7 nitrogen and oxygen atoms in total. The van der Waals surface area contributed by atoms with E-state index in [1.54, 1.807) is 6.20 Å². The fraction of sp³-hybridized carbons (Fsp3) is 0.769. The van der Waals surface area contributed by atoms with Gasteiger partial charge >= 0.3 is 0 Å². The molecule has 0 aromatic carbocycles. The molecule has 0 radical (unpaired) electrons. The second-order valence-corrected chi connectivity index (χ2v) is 11.2. The summed E-state index contributed by atoms with van der Waals surface area (Å²) in [5.41, 5.74) is 2.02. The highest BCUT2D eigenvalue weighted by Crippen LogP contribution is 2.57. The van der Waals surface area contributed by atoms with Crippen molar-refractivity contribution in [1.82, 2.24) is 25.3 Å². The quantitative estimate of drug-likeness (QED) is 0.628. The van der Waals surface area contributed by atoms with Crippen LogP contribution in [-0.4, -0.2) is 59.9 Å². The van der Waals surface area contributed by atoms with Crippen LogP contribution in [0.5, 0.6) is 5.88 Å². The van der Waals surface area contributed by atoms with E-state index in [1.165, 1.54) is 38.5 Å². The van der Waals surface area contributed by atoms with Crippen molar-refractivity contribution in [3.8, 4) is 5.88 Å². The number of nitrogens with one attached hydrogen (secondary N) is 2. The number of ether oxygens (including phenoxy) is 1. The van der Waals surface area contributed by atoms with Gasteiger partial charge in [0, 0.05) is 38.4 Å². The third-order valence-electron chi connectivity index (χ3n) is 8.74. The molecular formula is C26H41N5O2. The van der Waals surface area contributed by atoms with E-state index in [0.717, 1.165) is 51.4 Å². The van der Waals surface area contributed by atoms with Crippen molar-refractivity contribution in [3.05, 3.63) is 23.5 Å². The van der Waals surface area contributed by atoms with Crippen LogP contribution in [0.2, 0.25) is 0 Å². The molecule has 2 atom stereocenters. The first-order chi connectivity index (χ1) is 16.0. The van der Waals surface area contributed by atoms with Gasteiger partial charge in [0.2, 0.25) is 5.88 Å². The standard InChI is InChI=1S/C26H41N5O2/c1-26(2)20-14-21(26)16-22(15-20)29-24(32)23-17-28-31(13-12-30-10-8-27-9-11-30)25(23)33-18-19-6-4-3-5-7-19/h15,17,19-21,27H,3-14,16,18H2,1-2H3,(H,29,32)/t20-,21+/m0/s1. The molecule has 2 N–H and O–H groups in total. The molecule has 1 saturated heterocycles. The van der Waals surface area contributed by atoms with E-state index < -0.39 is 0 Å². The predicted octanol–water partition coefficient (Wildman–Crippen LogP) is 3.43. The average Bonchev–Trinajstić information content (AvgIpc) is 3.25. The fourth-order valence-corrected chi connectivity index (χ4v) is 6.13. The van der Waals surface area contributed by atoms with E-state index in [1.807, 2.05) is 4.68 Å². The van der Waals surface area contributed by atoms with E-state index in [2.05, 4.69) is 40.6 Å². The molecule has 2 saturated carbocycles. The van der Waals surface area contributed by atoms with Crippen LogP contribution >= 0.6 is 0 Å². The number of hydrogen-bond donors (Lipinski definition) is 2. The lowest BCUT2D eigenvalue weighted by molar-refractivity contribution is -0.00263. The SMILES string of the molecule is CC1(C)[C@H]2CC(NC(=O)c3cnn(CCN4CCNCC4)c3OCC3CCCCC3)=C[C@@H]1C2. The number of nitrogens with zero attached hydrogens (tertiary/aromatic N) is 3. The summed E-state index contributed by atoms with van der Waals surface area (Å²) in [7, 11) is 0. The lowest BCUT2D eigenvalue weighted by atomic mass is 9.51. The van der Waals surface area contributed by atoms with Gasteiger partial charge in [-0.3, -0.25) is 9.69 Å². The van der Waals surface area contributed by atoms with Crippen LogP contribution in [0, 0.1) is 23.2 Å².